The van der Waals surface area contributed by atoms with Crippen molar-refractivity contribution in [3.63, 3.8) is 0 Å². The third-order valence-electron chi connectivity index (χ3n) is 4.89. The molecule has 0 spiro atoms. The van der Waals surface area contributed by atoms with Gasteiger partial charge in [0.05, 0.1) is 22.6 Å². The molecule has 2 aromatic rings. The molecule has 10 heteroatoms. The summed E-state index contributed by atoms with van der Waals surface area (Å²) < 4.78 is 25.2. The minimum atomic E-state index is -2.99. The fourth-order valence-electron chi connectivity index (χ4n) is 3.48. The lowest BCUT2D eigenvalue weighted by Gasteiger charge is -2.13. The Kier molecular flexibility index (Phi) is 4.55. The highest BCUT2D eigenvalue weighted by atomic mass is 32.2. The van der Waals surface area contributed by atoms with Gasteiger partial charge in [0.15, 0.2) is 15.0 Å². The number of sulfone groups is 1. The predicted molar refractivity (Wildman–Crippen MR) is 99.5 cm³/mol. The summed E-state index contributed by atoms with van der Waals surface area (Å²) in [5.74, 6) is 0.778. The van der Waals surface area contributed by atoms with Crippen molar-refractivity contribution in [2.45, 2.75) is 17.5 Å². The molecule has 8 nitrogen and oxygen atoms in total. The Labute approximate surface area is 160 Å². The molecule has 1 atom stereocenters. The maximum atomic E-state index is 12.4. The minimum Gasteiger partial charge on any atom is -0.309 e. The molecule has 3 heterocycles. The maximum absolute atomic E-state index is 12.4. The number of rotatable bonds is 5. The van der Waals surface area contributed by atoms with Crippen molar-refractivity contribution in [1.29, 1.82) is 0 Å². The Hall–Kier alpha value is -2.20. The van der Waals surface area contributed by atoms with Crippen LogP contribution in [0.15, 0.2) is 29.4 Å². The van der Waals surface area contributed by atoms with Crippen molar-refractivity contribution in [3.05, 3.63) is 41.2 Å². The molecule has 1 aromatic carbocycles. The summed E-state index contributed by atoms with van der Waals surface area (Å²) >= 11 is 1.39. The third kappa shape index (κ3) is 3.27. The first-order valence-electron chi connectivity index (χ1n) is 8.55. The molecule has 142 valence electrons. The molecule has 2 aliphatic heterocycles. The molecule has 0 saturated carbocycles. The molecule has 4 rings (SSSR count). The van der Waals surface area contributed by atoms with E-state index in [-0.39, 0.29) is 35.8 Å². The number of amides is 2. The summed E-state index contributed by atoms with van der Waals surface area (Å²) in [7, 11) is -1.18. The molecule has 1 aromatic heterocycles. The van der Waals surface area contributed by atoms with Crippen LogP contribution in [0.2, 0.25) is 0 Å². The van der Waals surface area contributed by atoms with E-state index in [1.807, 2.05) is 7.05 Å². The zero-order valence-electron chi connectivity index (χ0n) is 14.7. The Morgan fingerprint density at radius 2 is 1.81 bits per heavy atom. The van der Waals surface area contributed by atoms with E-state index < -0.39 is 9.84 Å². The lowest BCUT2D eigenvalue weighted by molar-refractivity contribution is 0.0664. The fraction of sp³-hybridized carbons (Fsp3) is 0.412. The van der Waals surface area contributed by atoms with Crippen LogP contribution in [0, 0.1) is 0 Å². The molecule has 0 bridgehead atoms. The fourth-order valence-corrected chi connectivity index (χ4v) is 6.06. The zero-order valence-corrected chi connectivity index (χ0v) is 16.3. The number of nitrogens with zero attached hydrogens (tertiary/aromatic N) is 4. The normalized spacial score (nSPS) is 21.1. The van der Waals surface area contributed by atoms with Crippen molar-refractivity contribution in [2.24, 2.45) is 7.05 Å². The number of benzene rings is 1. The Morgan fingerprint density at radius 3 is 2.41 bits per heavy atom. The van der Waals surface area contributed by atoms with Crippen molar-refractivity contribution < 1.29 is 18.0 Å². The smallest absolute Gasteiger partial charge is 0.261 e. The molecular formula is C17H18N4O4S2. The second-order valence-electron chi connectivity index (χ2n) is 6.66. The van der Waals surface area contributed by atoms with Crippen molar-refractivity contribution in [2.75, 3.05) is 23.8 Å². The Balaban J connectivity index is 1.40. The van der Waals surface area contributed by atoms with E-state index >= 15 is 0 Å². The van der Waals surface area contributed by atoms with E-state index in [9.17, 15) is 18.0 Å². The number of aromatic nitrogens is 3. The minimum absolute atomic E-state index is 0.110. The summed E-state index contributed by atoms with van der Waals surface area (Å²) in [4.78, 5) is 26.0. The molecule has 2 aliphatic rings. The molecule has 2 amide bonds. The molecule has 0 N–H and O–H groups in total. The topological polar surface area (TPSA) is 102 Å². The number of carbonyl (C=O) groups excluding carboxylic acids is 2. The van der Waals surface area contributed by atoms with E-state index in [0.29, 0.717) is 34.3 Å². The standard InChI is InChI=1S/C17H18N4O4S2/c1-20-14(11-6-9-27(24,25)10-11)18-19-17(20)26-8-7-21-15(22)12-4-2-3-5-13(12)16(21)23/h2-5,11H,6-10H2,1H3. The van der Waals surface area contributed by atoms with Gasteiger partial charge < -0.3 is 4.57 Å². The third-order valence-corrected chi connectivity index (χ3v) is 7.66. The molecule has 27 heavy (non-hydrogen) atoms. The van der Waals surface area contributed by atoms with Crippen LogP contribution in [0.4, 0.5) is 0 Å². The van der Waals surface area contributed by atoms with Gasteiger partial charge in [0, 0.05) is 25.3 Å². The van der Waals surface area contributed by atoms with E-state index in [2.05, 4.69) is 10.2 Å². The van der Waals surface area contributed by atoms with Crippen LogP contribution in [-0.4, -0.2) is 63.7 Å². The summed E-state index contributed by atoms with van der Waals surface area (Å²) in [6, 6.07) is 6.81. The molecule has 1 fully saturated rings. The highest BCUT2D eigenvalue weighted by molar-refractivity contribution is 7.99. The summed E-state index contributed by atoms with van der Waals surface area (Å²) in [6.07, 6.45) is 0.564. The van der Waals surface area contributed by atoms with Gasteiger partial charge in [-0.1, -0.05) is 23.9 Å². The van der Waals surface area contributed by atoms with Crippen LogP contribution in [-0.2, 0) is 16.9 Å². The average Bonchev–Trinajstić information content (AvgIpc) is 3.26. The SMILES string of the molecule is Cn1c(SCCN2C(=O)c3ccccc3C2=O)nnc1C1CCS(=O)(=O)C1. The van der Waals surface area contributed by atoms with Crippen LogP contribution in [0.25, 0.3) is 0 Å². The van der Waals surface area contributed by atoms with Gasteiger partial charge >= 0.3 is 0 Å². The predicted octanol–water partition coefficient (Wildman–Crippen LogP) is 1.11. The highest BCUT2D eigenvalue weighted by Gasteiger charge is 2.35. The molecular weight excluding hydrogens is 388 g/mol. The lowest BCUT2D eigenvalue weighted by atomic mass is 10.1. The number of thioether (sulfide) groups is 1. The van der Waals surface area contributed by atoms with E-state index in [0.717, 1.165) is 0 Å². The van der Waals surface area contributed by atoms with Crippen LogP contribution < -0.4 is 0 Å². The number of hydrogen-bond donors (Lipinski definition) is 0. The van der Waals surface area contributed by atoms with E-state index in [1.54, 1.807) is 28.8 Å². The second kappa shape index (κ2) is 6.75. The van der Waals surface area contributed by atoms with Crippen molar-refractivity contribution in [1.82, 2.24) is 19.7 Å². The van der Waals surface area contributed by atoms with Gasteiger partial charge in [-0.25, -0.2) is 8.42 Å². The summed E-state index contributed by atoms with van der Waals surface area (Å²) in [6.45, 7) is 0.275. The Bertz CT molecular complexity index is 996. The van der Waals surface area contributed by atoms with Gasteiger partial charge in [0.25, 0.3) is 11.8 Å². The van der Waals surface area contributed by atoms with Crippen LogP contribution in [0.3, 0.4) is 0 Å². The van der Waals surface area contributed by atoms with E-state index in [1.165, 1.54) is 16.7 Å². The molecule has 0 radical (unpaired) electrons. The lowest BCUT2D eigenvalue weighted by Crippen LogP contribution is -2.31. The van der Waals surface area contributed by atoms with Gasteiger partial charge in [-0.15, -0.1) is 10.2 Å². The van der Waals surface area contributed by atoms with Gasteiger partial charge in [-0.2, -0.15) is 0 Å². The molecule has 1 saturated heterocycles. The van der Waals surface area contributed by atoms with Crippen LogP contribution in [0.5, 0.6) is 0 Å². The van der Waals surface area contributed by atoms with Crippen molar-refractivity contribution >= 4 is 33.4 Å². The monoisotopic (exact) mass is 406 g/mol. The number of carbonyl (C=O) groups is 2. The second-order valence-corrected chi connectivity index (χ2v) is 9.95. The van der Waals surface area contributed by atoms with Gasteiger partial charge in [-0.05, 0) is 18.6 Å². The first-order valence-corrected chi connectivity index (χ1v) is 11.4. The Morgan fingerprint density at radius 1 is 1.15 bits per heavy atom. The zero-order chi connectivity index (χ0) is 19.2. The maximum Gasteiger partial charge on any atom is 0.261 e. The van der Waals surface area contributed by atoms with E-state index in [4.69, 9.17) is 0 Å². The summed E-state index contributed by atoms with van der Waals surface area (Å²) in [5, 5.41) is 8.94. The first-order chi connectivity index (χ1) is 12.9. The number of hydrogen-bond acceptors (Lipinski definition) is 7. The van der Waals surface area contributed by atoms with Crippen LogP contribution >= 0.6 is 11.8 Å². The molecule has 0 aliphatic carbocycles. The average molecular weight is 406 g/mol. The van der Waals surface area contributed by atoms with Crippen molar-refractivity contribution in [3.8, 4) is 0 Å². The van der Waals surface area contributed by atoms with Gasteiger partial charge in [-0.3, -0.25) is 14.5 Å². The first kappa shape index (κ1) is 18.2. The number of imide groups is 1. The van der Waals surface area contributed by atoms with Gasteiger partial charge in [0.1, 0.15) is 5.82 Å². The van der Waals surface area contributed by atoms with Crippen LogP contribution in [0.1, 0.15) is 38.9 Å². The quantitative estimate of drug-likeness (QED) is 0.541. The summed E-state index contributed by atoms with van der Waals surface area (Å²) in [5.41, 5.74) is 0.881. The largest absolute Gasteiger partial charge is 0.309 e. The molecule has 1 unspecified atom stereocenters. The van der Waals surface area contributed by atoms with Gasteiger partial charge in [0.2, 0.25) is 0 Å². The number of fused-ring (bicyclic) bond motifs is 1. The highest BCUT2D eigenvalue weighted by Crippen LogP contribution is 2.29.